The van der Waals surface area contributed by atoms with Crippen LogP contribution in [0.5, 0.6) is 0 Å². The van der Waals surface area contributed by atoms with Gasteiger partial charge in [0.25, 0.3) is 0 Å². The molecule has 2 unspecified atom stereocenters. The normalized spacial score (nSPS) is 23.1. The lowest BCUT2D eigenvalue weighted by Gasteiger charge is -2.25. The van der Waals surface area contributed by atoms with Gasteiger partial charge in [-0.3, -0.25) is 4.90 Å². The fourth-order valence-electron chi connectivity index (χ4n) is 2.85. The lowest BCUT2D eigenvalue weighted by atomic mass is 10.0. The lowest BCUT2D eigenvalue weighted by Crippen LogP contribution is -2.36. The molecule has 3 heteroatoms. The number of aryl methyl sites for hydroxylation is 2. The van der Waals surface area contributed by atoms with Gasteiger partial charge >= 0.3 is 0 Å². The number of nitrogens with two attached hydrogens (primary N) is 1. The summed E-state index contributed by atoms with van der Waals surface area (Å²) in [6.45, 7) is 10.3. The Morgan fingerprint density at radius 2 is 2.00 bits per heavy atom. The van der Waals surface area contributed by atoms with Gasteiger partial charge in [0.1, 0.15) is 0 Å². The molecule has 2 rings (SSSR count). The summed E-state index contributed by atoms with van der Waals surface area (Å²) in [4.78, 5) is 2.43. The van der Waals surface area contributed by atoms with Crippen molar-refractivity contribution >= 4 is 0 Å². The van der Waals surface area contributed by atoms with Crippen molar-refractivity contribution in [1.29, 1.82) is 0 Å². The van der Waals surface area contributed by atoms with E-state index >= 15 is 0 Å². The smallest absolute Gasteiger partial charge is 0.0673 e. The molecule has 0 amide bonds. The van der Waals surface area contributed by atoms with Crippen LogP contribution in [0.2, 0.25) is 0 Å². The molecule has 19 heavy (non-hydrogen) atoms. The molecule has 2 N–H and O–H groups in total. The summed E-state index contributed by atoms with van der Waals surface area (Å²) in [6, 6.07) is 6.69. The van der Waals surface area contributed by atoms with E-state index in [-0.39, 0.29) is 6.04 Å². The molecule has 0 aromatic heterocycles. The first-order chi connectivity index (χ1) is 9.04. The second-order valence-corrected chi connectivity index (χ2v) is 5.82. The maximum absolute atomic E-state index is 6.38. The second kappa shape index (κ2) is 6.51. The van der Waals surface area contributed by atoms with E-state index in [2.05, 4.69) is 43.9 Å². The predicted molar refractivity (Wildman–Crippen MR) is 79.3 cm³/mol. The zero-order valence-electron chi connectivity index (χ0n) is 12.4. The Balaban J connectivity index is 2.01. The molecule has 1 aliphatic rings. The molecule has 106 valence electrons. The van der Waals surface area contributed by atoms with E-state index in [0.717, 1.165) is 32.7 Å². The number of rotatable bonds is 3. The highest BCUT2D eigenvalue weighted by atomic mass is 16.5. The molecule has 2 atom stereocenters. The number of ether oxygens (including phenoxy) is 1. The summed E-state index contributed by atoms with van der Waals surface area (Å²) in [6.07, 6.45) is 1.41. The third-order valence-corrected chi connectivity index (χ3v) is 3.66. The predicted octanol–water partition coefficient (Wildman–Crippen LogP) is 2.41. The van der Waals surface area contributed by atoms with Crippen molar-refractivity contribution in [2.45, 2.75) is 39.3 Å². The minimum atomic E-state index is 0.0869. The molecular weight excluding hydrogens is 236 g/mol. The molecule has 1 saturated heterocycles. The Hall–Kier alpha value is -0.900. The Morgan fingerprint density at radius 3 is 2.68 bits per heavy atom. The van der Waals surface area contributed by atoms with Crippen molar-refractivity contribution in [1.82, 2.24) is 4.90 Å². The average molecular weight is 262 g/mol. The lowest BCUT2D eigenvalue weighted by molar-refractivity contribution is 0.0670. The molecule has 1 aromatic rings. The monoisotopic (exact) mass is 262 g/mol. The first-order valence-electron chi connectivity index (χ1n) is 7.22. The van der Waals surface area contributed by atoms with Gasteiger partial charge in [0.15, 0.2) is 0 Å². The summed E-state index contributed by atoms with van der Waals surface area (Å²) < 4.78 is 5.68. The maximum atomic E-state index is 6.38. The van der Waals surface area contributed by atoms with E-state index in [4.69, 9.17) is 10.5 Å². The minimum Gasteiger partial charge on any atom is -0.377 e. The number of benzene rings is 1. The zero-order valence-corrected chi connectivity index (χ0v) is 12.4. The van der Waals surface area contributed by atoms with Crippen LogP contribution in [0.4, 0.5) is 0 Å². The van der Waals surface area contributed by atoms with Crippen molar-refractivity contribution in [3.63, 3.8) is 0 Å². The van der Waals surface area contributed by atoms with Crippen LogP contribution in [0.15, 0.2) is 18.2 Å². The Labute approximate surface area is 116 Å². The van der Waals surface area contributed by atoms with E-state index < -0.39 is 0 Å². The van der Waals surface area contributed by atoms with Crippen LogP contribution in [0.3, 0.4) is 0 Å². The van der Waals surface area contributed by atoms with Gasteiger partial charge in [-0.1, -0.05) is 29.3 Å². The molecule has 0 aliphatic carbocycles. The van der Waals surface area contributed by atoms with Gasteiger partial charge in [0.2, 0.25) is 0 Å². The first kappa shape index (κ1) is 14.5. The molecule has 1 aliphatic heterocycles. The van der Waals surface area contributed by atoms with Crippen LogP contribution < -0.4 is 5.73 Å². The van der Waals surface area contributed by atoms with Gasteiger partial charge in [-0.05, 0) is 32.8 Å². The van der Waals surface area contributed by atoms with E-state index in [0.29, 0.717) is 6.10 Å². The Morgan fingerprint density at radius 1 is 1.32 bits per heavy atom. The highest BCUT2D eigenvalue weighted by molar-refractivity contribution is 5.30. The minimum absolute atomic E-state index is 0.0869. The van der Waals surface area contributed by atoms with Crippen LogP contribution in [-0.4, -0.2) is 37.2 Å². The van der Waals surface area contributed by atoms with Crippen LogP contribution >= 0.6 is 0 Å². The van der Waals surface area contributed by atoms with Crippen molar-refractivity contribution in [2.24, 2.45) is 5.73 Å². The maximum Gasteiger partial charge on any atom is 0.0673 e. The molecule has 0 bridgehead atoms. The molecule has 0 radical (unpaired) electrons. The molecular formula is C16H26N2O. The third kappa shape index (κ3) is 4.30. The fraction of sp³-hybridized carbons (Fsp3) is 0.625. The summed E-state index contributed by atoms with van der Waals surface area (Å²) in [5.41, 5.74) is 10.2. The van der Waals surface area contributed by atoms with Crippen molar-refractivity contribution in [3.05, 3.63) is 34.9 Å². The van der Waals surface area contributed by atoms with Gasteiger partial charge in [-0.25, -0.2) is 0 Å². The van der Waals surface area contributed by atoms with Gasteiger partial charge in [0.05, 0.1) is 6.10 Å². The van der Waals surface area contributed by atoms with Crippen molar-refractivity contribution in [2.75, 3.05) is 26.2 Å². The van der Waals surface area contributed by atoms with Gasteiger partial charge in [-0.2, -0.15) is 0 Å². The summed E-state index contributed by atoms with van der Waals surface area (Å²) in [5.74, 6) is 0. The Kier molecular flexibility index (Phi) is 4.97. The Bertz CT molecular complexity index is 399. The fourth-order valence-corrected chi connectivity index (χ4v) is 2.85. The molecule has 0 spiro atoms. The summed E-state index contributed by atoms with van der Waals surface area (Å²) in [5, 5.41) is 0. The number of hydrogen-bond donors (Lipinski definition) is 1. The first-order valence-corrected chi connectivity index (χ1v) is 7.22. The zero-order chi connectivity index (χ0) is 13.8. The van der Waals surface area contributed by atoms with E-state index in [1.54, 1.807) is 0 Å². The van der Waals surface area contributed by atoms with Crippen molar-refractivity contribution in [3.8, 4) is 0 Å². The van der Waals surface area contributed by atoms with Gasteiger partial charge in [-0.15, -0.1) is 0 Å². The highest BCUT2D eigenvalue weighted by Crippen LogP contribution is 2.17. The van der Waals surface area contributed by atoms with E-state index in [9.17, 15) is 0 Å². The van der Waals surface area contributed by atoms with Crippen LogP contribution in [0, 0.1) is 13.8 Å². The summed E-state index contributed by atoms with van der Waals surface area (Å²) in [7, 11) is 0. The molecule has 1 fully saturated rings. The SMILES string of the molecule is Cc1cc(C)cc(C(N)CN2CCCOC(C)C2)c1. The van der Waals surface area contributed by atoms with Crippen LogP contribution in [-0.2, 0) is 4.74 Å². The standard InChI is InChI=1S/C16H26N2O/c1-12-7-13(2)9-15(8-12)16(17)11-18-5-4-6-19-14(3)10-18/h7-9,14,16H,4-6,10-11,17H2,1-3H3. The largest absolute Gasteiger partial charge is 0.377 e. The molecule has 1 aromatic carbocycles. The topological polar surface area (TPSA) is 38.5 Å². The van der Waals surface area contributed by atoms with Gasteiger partial charge < -0.3 is 10.5 Å². The summed E-state index contributed by atoms with van der Waals surface area (Å²) >= 11 is 0. The average Bonchev–Trinajstić information content (AvgIpc) is 2.52. The van der Waals surface area contributed by atoms with Crippen molar-refractivity contribution < 1.29 is 4.74 Å². The van der Waals surface area contributed by atoms with Gasteiger partial charge in [0, 0.05) is 32.3 Å². The number of hydrogen-bond acceptors (Lipinski definition) is 3. The van der Waals surface area contributed by atoms with Crippen LogP contribution in [0.1, 0.15) is 36.1 Å². The number of nitrogens with zero attached hydrogens (tertiary/aromatic N) is 1. The van der Waals surface area contributed by atoms with E-state index in [1.165, 1.54) is 16.7 Å². The highest BCUT2D eigenvalue weighted by Gasteiger charge is 2.18. The third-order valence-electron chi connectivity index (χ3n) is 3.66. The molecule has 0 saturated carbocycles. The van der Waals surface area contributed by atoms with Crippen LogP contribution in [0.25, 0.3) is 0 Å². The molecule has 3 nitrogen and oxygen atoms in total. The van der Waals surface area contributed by atoms with E-state index in [1.807, 2.05) is 0 Å². The quantitative estimate of drug-likeness (QED) is 0.909. The second-order valence-electron chi connectivity index (χ2n) is 5.82. The molecule has 1 heterocycles.